The zero-order valence-corrected chi connectivity index (χ0v) is 24.2. The van der Waals surface area contributed by atoms with Crippen LogP contribution in [0.15, 0.2) is 65.6 Å². The zero-order valence-electron chi connectivity index (χ0n) is 23.4. The smallest absolute Gasteiger partial charge is 0.254 e. The van der Waals surface area contributed by atoms with Gasteiger partial charge in [0.25, 0.3) is 5.91 Å². The number of carbonyl (C=O) groups is 1. The molecule has 2 aliphatic rings. The summed E-state index contributed by atoms with van der Waals surface area (Å²) in [5, 5.41) is 0. The fraction of sp³-hybridized carbons (Fsp3) is 0.367. The number of sulfonamides is 1. The average molecular weight is 583 g/mol. The summed E-state index contributed by atoms with van der Waals surface area (Å²) in [6.07, 6.45) is 0.607. The number of amides is 1. The van der Waals surface area contributed by atoms with Crippen molar-refractivity contribution in [3.05, 3.63) is 77.4 Å². The van der Waals surface area contributed by atoms with E-state index >= 15 is 0 Å². The van der Waals surface area contributed by atoms with Crippen molar-refractivity contribution in [2.75, 3.05) is 60.8 Å². The lowest BCUT2D eigenvalue weighted by molar-refractivity contribution is 0.0587. The second kappa shape index (κ2) is 12.4. The molecule has 0 radical (unpaired) electrons. The molecule has 1 fully saturated rings. The Balaban J connectivity index is 1.45. The molecular weight excluding hydrogens is 548 g/mol. The molecule has 10 nitrogen and oxygen atoms in total. The zero-order chi connectivity index (χ0) is 29.0. The van der Waals surface area contributed by atoms with E-state index in [1.165, 1.54) is 16.4 Å². The van der Waals surface area contributed by atoms with E-state index in [1.54, 1.807) is 38.4 Å². The molecule has 2 aliphatic heterocycles. The number of nitrogens with zero attached hydrogens (tertiary/aromatic N) is 2. The maximum atomic E-state index is 13.9. The van der Waals surface area contributed by atoms with Crippen LogP contribution >= 0.6 is 0 Å². The van der Waals surface area contributed by atoms with Crippen molar-refractivity contribution in [2.24, 2.45) is 0 Å². The van der Waals surface area contributed by atoms with Gasteiger partial charge in [-0.2, -0.15) is 4.31 Å². The monoisotopic (exact) mass is 582 g/mol. The molecule has 218 valence electrons. The first-order valence-corrected chi connectivity index (χ1v) is 14.8. The van der Waals surface area contributed by atoms with Gasteiger partial charge in [-0.3, -0.25) is 4.79 Å². The molecular formula is C30H34N2O8S. The second-order valence-electron chi connectivity index (χ2n) is 9.67. The summed E-state index contributed by atoms with van der Waals surface area (Å²) in [4.78, 5) is 15.8. The number of para-hydroxylation sites is 2. The van der Waals surface area contributed by atoms with Crippen LogP contribution in [0, 0.1) is 0 Å². The fourth-order valence-corrected chi connectivity index (χ4v) is 6.64. The molecule has 0 N–H and O–H groups in total. The van der Waals surface area contributed by atoms with Gasteiger partial charge in [-0.05, 0) is 66.1 Å². The van der Waals surface area contributed by atoms with Crippen molar-refractivity contribution >= 4 is 15.9 Å². The fourth-order valence-electron chi connectivity index (χ4n) is 5.23. The Morgan fingerprint density at radius 1 is 0.854 bits per heavy atom. The van der Waals surface area contributed by atoms with Crippen LogP contribution in [0.2, 0.25) is 0 Å². The minimum Gasteiger partial charge on any atom is -0.493 e. The standard InChI is InChI=1S/C30H34N2O8S/c1-36-26-6-4-5-7-27(26)40-20-25-24-19-29(38-3)28(37-2)18-22(24)12-13-32(25)30(33)21-8-10-23(11-9-21)41(34,35)31-14-16-39-17-15-31/h4-11,18-19,25H,12-17,20H2,1-3H3/t25-/m1/s1. The van der Waals surface area contributed by atoms with Crippen molar-refractivity contribution in [3.63, 3.8) is 0 Å². The molecule has 3 aromatic carbocycles. The lowest BCUT2D eigenvalue weighted by atomic mass is 9.91. The molecule has 3 aromatic rings. The topological polar surface area (TPSA) is 104 Å². The lowest BCUT2D eigenvalue weighted by Crippen LogP contribution is -2.42. The molecule has 0 saturated carbocycles. The van der Waals surface area contributed by atoms with Crippen LogP contribution in [0.3, 0.4) is 0 Å². The van der Waals surface area contributed by atoms with E-state index in [-0.39, 0.29) is 17.4 Å². The Labute approximate surface area is 240 Å². The van der Waals surface area contributed by atoms with E-state index in [0.717, 1.165) is 11.1 Å². The van der Waals surface area contributed by atoms with Gasteiger partial charge in [-0.25, -0.2) is 8.42 Å². The van der Waals surface area contributed by atoms with Crippen molar-refractivity contribution in [1.82, 2.24) is 9.21 Å². The van der Waals surface area contributed by atoms with E-state index in [1.807, 2.05) is 36.4 Å². The van der Waals surface area contributed by atoms with Crippen LogP contribution in [-0.2, 0) is 21.2 Å². The van der Waals surface area contributed by atoms with Gasteiger partial charge in [0.05, 0.1) is 45.5 Å². The normalized spacial score (nSPS) is 17.4. The average Bonchev–Trinajstić information content (AvgIpc) is 3.03. The molecule has 0 aromatic heterocycles. The highest BCUT2D eigenvalue weighted by atomic mass is 32.2. The maximum absolute atomic E-state index is 13.9. The lowest BCUT2D eigenvalue weighted by Gasteiger charge is -2.37. The van der Waals surface area contributed by atoms with Crippen LogP contribution in [0.1, 0.15) is 27.5 Å². The first kappa shape index (κ1) is 28.7. The summed E-state index contributed by atoms with van der Waals surface area (Å²) in [6.45, 7) is 1.94. The Bertz CT molecular complexity index is 1490. The van der Waals surface area contributed by atoms with Gasteiger partial charge in [0.15, 0.2) is 23.0 Å². The van der Waals surface area contributed by atoms with Crippen LogP contribution in [0.5, 0.6) is 23.0 Å². The van der Waals surface area contributed by atoms with E-state index in [4.69, 9.17) is 23.7 Å². The van der Waals surface area contributed by atoms with Gasteiger partial charge in [-0.1, -0.05) is 12.1 Å². The molecule has 1 amide bonds. The Kier molecular flexibility index (Phi) is 8.67. The highest BCUT2D eigenvalue weighted by molar-refractivity contribution is 7.89. The Hall–Kier alpha value is -3.80. The minimum atomic E-state index is -3.67. The quantitative estimate of drug-likeness (QED) is 0.378. The SMILES string of the molecule is COc1cc2c(cc1OC)[C@@H](COc1ccccc1OC)N(C(=O)c1ccc(S(=O)(=O)N3CCOCC3)cc1)CC2. The van der Waals surface area contributed by atoms with Crippen molar-refractivity contribution in [2.45, 2.75) is 17.4 Å². The highest BCUT2D eigenvalue weighted by Gasteiger charge is 2.34. The number of ether oxygens (including phenoxy) is 5. The van der Waals surface area contributed by atoms with Crippen molar-refractivity contribution in [1.29, 1.82) is 0 Å². The summed E-state index contributed by atoms with van der Waals surface area (Å²) in [5.74, 6) is 2.10. The third-order valence-electron chi connectivity index (χ3n) is 7.44. The number of fused-ring (bicyclic) bond motifs is 1. The maximum Gasteiger partial charge on any atom is 0.254 e. The molecule has 0 bridgehead atoms. The minimum absolute atomic E-state index is 0.146. The number of benzene rings is 3. The third-order valence-corrected chi connectivity index (χ3v) is 9.35. The van der Waals surface area contributed by atoms with Crippen molar-refractivity contribution in [3.8, 4) is 23.0 Å². The molecule has 2 heterocycles. The summed E-state index contributed by atoms with van der Waals surface area (Å²) in [6, 6.07) is 16.8. The summed E-state index contributed by atoms with van der Waals surface area (Å²) in [7, 11) is 1.07. The van der Waals surface area contributed by atoms with Gasteiger partial charge < -0.3 is 28.6 Å². The number of hydrogen-bond donors (Lipinski definition) is 0. The van der Waals surface area contributed by atoms with Gasteiger partial charge in [0.2, 0.25) is 10.0 Å². The number of methoxy groups -OCH3 is 3. The van der Waals surface area contributed by atoms with Gasteiger partial charge >= 0.3 is 0 Å². The Morgan fingerprint density at radius 2 is 1.49 bits per heavy atom. The summed E-state index contributed by atoms with van der Waals surface area (Å²) in [5.41, 5.74) is 2.31. The number of morpholine rings is 1. The number of rotatable bonds is 9. The van der Waals surface area contributed by atoms with Crippen LogP contribution in [0.25, 0.3) is 0 Å². The first-order chi connectivity index (χ1) is 19.9. The summed E-state index contributed by atoms with van der Waals surface area (Å²) < 4.78 is 55.6. The highest BCUT2D eigenvalue weighted by Crippen LogP contribution is 2.39. The molecule has 0 spiro atoms. The van der Waals surface area contributed by atoms with E-state index in [9.17, 15) is 13.2 Å². The predicted octanol–water partition coefficient (Wildman–Crippen LogP) is 3.55. The van der Waals surface area contributed by atoms with E-state index in [2.05, 4.69) is 0 Å². The molecule has 0 unspecified atom stereocenters. The molecule has 0 aliphatic carbocycles. The van der Waals surface area contributed by atoms with Gasteiger partial charge in [-0.15, -0.1) is 0 Å². The largest absolute Gasteiger partial charge is 0.493 e. The van der Waals surface area contributed by atoms with Gasteiger partial charge in [0.1, 0.15) is 6.61 Å². The molecule has 1 atom stereocenters. The van der Waals surface area contributed by atoms with E-state index in [0.29, 0.717) is 67.8 Å². The van der Waals surface area contributed by atoms with Gasteiger partial charge in [0, 0.05) is 25.2 Å². The van der Waals surface area contributed by atoms with Crippen LogP contribution in [-0.4, -0.2) is 84.3 Å². The van der Waals surface area contributed by atoms with E-state index < -0.39 is 16.1 Å². The van der Waals surface area contributed by atoms with Crippen LogP contribution < -0.4 is 18.9 Å². The molecule has 5 rings (SSSR count). The van der Waals surface area contributed by atoms with Crippen molar-refractivity contribution < 1.29 is 36.9 Å². The summed E-state index contributed by atoms with van der Waals surface area (Å²) >= 11 is 0. The second-order valence-corrected chi connectivity index (χ2v) is 11.6. The van der Waals surface area contributed by atoms with Crippen LogP contribution in [0.4, 0.5) is 0 Å². The molecule has 11 heteroatoms. The predicted molar refractivity (Wildman–Crippen MR) is 152 cm³/mol. The molecule has 41 heavy (non-hydrogen) atoms. The third kappa shape index (κ3) is 5.83. The first-order valence-electron chi connectivity index (χ1n) is 13.4. The number of carbonyl (C=O) groups excluding carboxylic acids is 1. The molecule has 1 saturated heterocycles. The number of hydrogen-bond acceptors (Lipinski definition) is 8. The Morgan fingerprint density at radius 3 is 2.15 bits per heavy atom.